The van der Waals surface area contributed by atoms with E-state index in [-0.39, 0.29) is 0 Å². The zero-order chi connectivity index (χ0) is 12.8. The van der Waals surface area contributed by atoms with Gasteiger partial charge in [0.2, 0.25) is 5.91 Å². The van der Waals surface area contributed by atoms with Crippen molar-refractivity contribution in [3.05, 3.63) is 0 Å². The third kappa shape index (κ3) is 4.25. The smallest absolute Gasteiger partial charge is 0.225 e. The summed E-state index contributed by atoms with van der Waals surface area (Å²) >= 11 is 0. The van der Waals surface area contributed by atoms with E-state index in [0.717, 1.165) is 58.4 Å². The van der Waals surface area contributed by atoms with Crippen LogP contribution in [0.3, 0.4) is 0 Å². The van der Waals surface area contributed by atoms with Crippen LogP contribution in [0, 0.1) is 5.92 Å². The molecule has 104 valence electrons. The Morgan fingerprint density at radius 3 is 2.61 bits per heavy atom. The first-order valence-corrected chi connectivity index (χ1v) is 7.52. The second-order valence-corrected chi connectivity index (χ2v) is 5.64. The molecule has 1 aliphatic carbocycles. The van der Waals surface area contributed by atoms with Crippen molar-refractivity contribution in [2.45, 2.75) is 38.5 Å². The monoisotopic (exact) mass is 253 g/mol. The molecule has 0 aromatic rings. The van der Waals surface area contributed by atoms with Gasteiger partial charge in [0.05, 0.1) is 0 Å². The Bertz CT molecular complexity index is 266. The van der Waals surface area contributed by atoms with Crippen LogP contribution in [0.2, 0.25) is 0 Å². The largest absolute Gasteiger partial charge is 0.341 e. The molecule has 1 heterocycles. The van der Waals surface area contributed by atoms with E-state index in [4.69, 9.17) is 5.73 Å². The minimum atomic E-state index is 0.376. The summed E-state index contributed by atoms with van der Waals surface area (Å²) in [4.78, 5) is 16.6. The zero-order valence-electron chi connectivity index (χ0n) is 11.4. The number of hydrogen-bond donors (Lipinski definition) is 1. The minimum absolute atomic E-state index is 0.376. The SMILES string of the molecule is NCCCCCN1CCCN(C(=O)C2CC2)CC1. The standard InChI is InChI=1S/C14H27N3O/c15-7-2-1-3-8-16-9-4-10-17(12-11-16)14(18)13-5-6-13/h13H,1-12,15H2. The molecule has 0 spiro atoms. The van der Waals surface area contributed by atoms with E-state index in [1.165, 1.54) is 19.4 Å². The molecule has 0 radical (unpaired) electrons. The van der Waals surface area contributed by atoms with Crippen LogP contribution in [0.25, 0.3) is 0 Å². The molecule has 0 aromatic heterocycles. The fourth-order valence-corrected chi connectivity index (χ4v) is 2.66. The number of rotatable bonds is 6. The van der Waals surface area contributed by atoms with Crippen LogP contribution >= 0.6 is 0 Å². The number of carbonyl (C=O) groups excluding carboxylic acids is 1. The van der Waals surface area contributed by atoms with Gasteiger partial charge in [0.1, 0.15) is 0 Å². The first-order chi connectivity index (χ1) is 8.81. The Labute approximate surface area is 110 Å². The minimum Gasteiger partial charge on any atom is -0.341 e. The van der Waals surface area contributed by atoms with E-state index in [1.54, 1.807) is 0 Å². The van der Waals surface area contributed by atoms with Crippen molar-refractivity contribution in [2.24, 2.45) is 11.7 Å². The molecular formula is C14H27N3O. The number of nitrogens with zero attached hydrogens (tertiary/aromatic N) is 2. The molecule has 2 aliphatic rings. The highest BCUT2D eigenvalue weighted by atomic mass is 16.2. The number of hydrogen-bond acceptors (Lipinski definition) is 3. The Hall–Kier alpha value is -0.610. The first-order valence-electron chi connectivity index (χ1n) is 7.52. The van der Waals surface area contributed by atoms with Gasteiger partial charge in [-0.1, -0.05) is 6.42 Å². The van der Waals surface area contributed by atoms with Gasteiger partial charge in [-0.2, -0.15) is 0 Å². The Kier molecular flexibility index (Phi) is 5.45. The molecule has 0 aromatic carbocycles. The summed E-state index contributed by atoms with van der Waals surface area (Å²) in [7, 11) is 0. The van der Waals surface area contributed by atoms with Crippen molar-refractivity contribution in [3.8, 4) is 0 Å². The summed E-state index contributed by atoms with van der Waals surface area (Å²) < 4.78 is 0. The molecule has 18 heavy (non-hydrogen) atoms. The quantitative estimate of drug-likeness (QED) is 0.720. The van der Waals surface area contributed by atoms with Gasteiger partial charge in [-0.05, 0) is 51.7 Å². The molecule has 1 saturated heterocycles. The molecular weight excluding hydrogens is 226 g/mol. The van der Waals surface area contributed by atoms with Crippen molar-refractivity contribution in [3.63, 3.8) is 0 Å². The van der Waals surface area contributed by atoms with Gasteiger partial charge in [-0.25, -0.2) is 0 Å². The topological polar surface area (TPSA) is 49.6 Å². The van der Waals surface area contributed by atoms with Crippen molar-refractivity contribution < 1.29 is 4.79 Å². The van der Waals surface area contributed by atoms with E-state index in [1.807, 2.05) is 0 Å². The van der Waals surface area contributed by atoms with E-state index < -0.39 is 0 Å². The molecule has 0 unspecified atom stereocenters. The van der Waals surface area contributed by atoms with Gasteiger partial charge in [-0.3, -0.25) is 4.79 Å². The summed E-state index contributed by atoms with van der Waals surface area (Å²) in [6.45, 7) is 6.09. The molecule has 2 rings (SSSR count). The highest BCUT2D eigenvalue weighted by Crippen LogP contribution is 2.31. The first kappa shape index (κ1) is 13.8. The highest BCUT2D eigenvalue weighted by molar-refractivity contribution is 5.81. The third-order valence-corrected chi connectivity index (χ3v) is 4.01. The van der Waals surface area contributed by atoms with Crippen LogP contribution < -0.4 is 5.73 Å². The van der Waals surface area contributed by atoms with E-state index in [0.29, 0.717) is 11.8 Å². The van der Waals surface area contributed by atoms with Crippen LogP contribution in [-0.4, -0.2) is 55.0 Å². The third-order valence-electron chi connectivity index (χ3n) is 4.01. The lowest BCUT2D eigenvalue weighted by atomic mass is 10.2. The van der Waals surface area contributed by atoms with Gasteiger partial charge in [0.15, 0.2) is 0 Å². The Morgan fingerprint density at radius 1 is 1.06 bits per heavy atom. The Morgan fingerprint density at radius 2 is 1.89 bits per heavy atom. The predicted molar refractivity (Wildman–Crippen MR) is 73.3 cm³/mol. The summed E-state index contributed by atoms with van der Waals surface area (Å²) in [6.07, 6.45) is 7.00. The maximum absolute atomic E-state index is 12.0. The van der Waals surface area contributed by atoms with Crippen LogP contribution in [0.4, 0.5) is 0 Å². The highest BCUT2D eigenvalue weighted by Gasteiger charge is 2.33. The average Bonchev–Trinajstić information content (AvgIpc) is 3.20. The van der Waals surface area contributed by atoms with Gasteiger partial charge in [-0.15, -0.1) is 0 Å². The second-order valence-electron chi connectivity index (χ2n) is 5.64. The molecule has 4 nitrogen and oxygen atoms in total. The lowest BCUT2D eigenvalue weighted by Crippen LogP contribution is -2.36. The van der Waals surface area contributed by atoms with E-state index >= 15 is 0 Å². The summed E-state index contributed by atoms with van der Waals surface area (Å²) in [5, 5.41) is 0. The van der Waals surface area contributed by atoms with Gasteiger partial charge in [0.25, 0.3) is 0 Å². The van der Waals surface area contributed by atoms with Crippen LogP contribution in [0.1, 0.15) is 38.5 Å². The molecule has 0 bridgehead atoms. The molecule has 2 fully saturated rings. The predicted octanol–water partition coefficient (Wildman–Crippen LogP) is 1.06. The fourth-order valence-electron chi connectivity index (χ4n) is 2.66. The molecule has 4 heteroatoms. The number of amides is 1. The number of nitrogens with two attached hydrogens (primary N) is 1. The van der Waals surface area contributed by atoms with Gasteiger partial charge in [0, 0.05) is 25.6 Å². The molecule has 1 amide bonds. The van der Waals surface area contributed by atoms with Crippen LogP contribution in [0.15, 0.2) is 0 Å². The number of unbranched alkanes of at least 4 members (excludes halogenated alkanes) is 2. The van der Waals surface area contributed by atoms with Crippen LogP contribution in [-0.2, 0) is 4.79 Å². The maximum Gasteiger partial charge on any atom is 0.225 e. The molecule has 2 N–H and O–H groups in total. The summed E-state index contributed by atoms with van der Waals surface area (Å²) in [5.74, 6) is 0.793. The van der Waals surface area contributed by atoms with Crippen LogP contribution in [0.5, 0.6) is 0 Å². The fraction of sp³-hybridized carbons (Fsp3) is 0.929. The Balaban J connectivity index is 1.65. The van der Waals surface area contributed by atoms with E-state index in [2.05, 4.69) is 9.80 Å². The lowest BCUT2D eigenvalue weighted by molar-refractivity contribution is -0.132. The maximum atomic E-state index is 12.0. The second kappa shape index (κ2) is 7.10. The average molecular weight is 253 g/mol. The van der Waals surface area contributed by atoms with E-state index in [9.17, 15) is 4.79 Å². The van der Waals surface area contributed by atoms with Gasteiger partial charge >= 0.3 is 0 Å². The van der Waals surface area contributed by atoms with Crippen molar-refractivity contribution in [1.29, 1.82) is 0 Å². The summed E-state index contributed by atoms with van der Waals surface area (Å²) in [5.41, 5.74) is 5.50. The molecule has 1 saturated carbocycles. The summed E-state index contributed by atoms with van der Waals surface area (Å²) in [6, 6.07) is 0. The lowest BCUT2D eigenvalue weighted by Gasteiger charge is -2.22. The van der Waals surface area contributed by atoms with Crippen molar-refractivity contribution >= 4 is 5.91 Å². The number of carbonyl (C=O) groups is 1. The normalized spacial score (nSPS) is 21.9. The molecule has 0 atom stereocenters. The molecule has 1 aliphatic heterocycles. The van der Waals surface area contributed by atoms with Crippen molar-refractivity contribution in [1.82, 2.24) is 9.80 Å². The van der Waals surface area contributed by atoms with Gasteiger partial charge < -0.3 is 15.5 Å². The zero-order valence-corrected chi connectivity index (χ0v) is 11.4. The van der Waals surface area contributed by atoms with Crippen molar-refractivity contribution in [2.75, 3.05) is 39.3 Å².